The van der Waals surface area contributed by atoms with Gasteiger partial charge in [-0.3, -0.25) is 19.8 Å². The Morgan fingerprint density at radius 3 is 2.38 bits per heavy atom. The van der Waals surface area contributed by atoms with Crippen LogP contribution in [0.3, 0.4) is 0 Å². The molecule has 14 heteroatoms. The molecule has 7 unspecified atom stereocenters. The third-order valence-electron chi connectivity index (χ3n) is 16.9. The van der Waals surface area contributed by atoms with Crippen LogP contribution < -0.4 is 34.3 Å². The highest BCUT2D eigenvalue weighted by molar-refractivity contribution is 6.12. The van der Waals surface area contributed by atoms with Gasteiger partial charge in [0.15, 0.2) is 17.7 Å². The lowest BCUT2D eigenvalue weighted by Gasteiger charge is -2.59. The van der Waals surface area contributed by atoms with Gasteiger partial charge in [0.1, 0.15) is 24.0 Å². The van der Waals surface area contributed by atoms with Crippen LogP contribution in [0.25, 0.3) is 17.2 Å². The van der Waals surface area contributed by atoms with E-state index in [1.165, 1.54) is 24.2 Å². The average molecular weight is 940 g/mol. The Balaban J connectivity index is 0.935. The minimum atomic E-state index is -1.06. The summed E-state index contributed by atoms with van der Waals surface area (Å²) in [5, 5.41) is 53.9. The molecular formula is C55H61N3O11. The zero-order valence-corrected chi connectivity index (χ0v) is 39.4. The Morgan fingerprint density at radius 1 is 0.870 bits per heavy atom. The average Bonchev–Trinajstić information content (AvgIpc) is 3.97. The van der Waals surface area contributed by atoms with Crippen LogP contribution in [0.15, 0.2) is 66.8 Å². The van der Waals surface area contributed by atoms with Crippen LogP contribution >= 0.6 is 0 Å². The predicted octanol–water partition coefficient (Wildman–Crippen LogP) is 7.21. The molecule has 4 aliphatic carbocycles. The molecule has 3 aliphatic heterocycles. The highest BCUT2D eigenvalue weighted by Crippen LogP contribution is 2.65. The van der Waals surface area contributed by atoms with Crippen molar-refractivity contribution >= 4 is 23.6 Å². The summed E-state index contributed by atoms with van der Waals surface area (Å²) < 4.78 is 31.0. The third-order valence-corrected chi connectivity index (χ3v) is 16.9. The largest absolute Gasteiger partial charge is 0.502 e. The van der Waals surface area contributed by atoms with Gasteiger partial charge in [0.2, 0.25) is 5.75 Å². The molecule has 7 atom stereocenters. The number of allylic oxidation sites excluding steroid dienone is 1. The van der Waals surface area contributed by atoms with Crippen molar-refractivity contribution in [2.75, 3.05) is 59.2 Å². The maximum Gasteiger partial charge on any atom is 0.253 e. The van der Waals surface area contributed by atoms with Crippen molar-refractivity contribution in [3.05, 3.63) is 106 Å². The summed E-state index contributed by atoms with van der Waals surface area (Å²) in [4.78, 5) is 27.7. The molecule has 7 aliphatic rings. The molecule has 0 aromatic heterocycles. The van der Waals surface area contributed by atoms with E-state index in [1.54, 1.807) is 19.2 Å². The Bertz CT molecular complexity index is 2760. The number of carbonyl (C=O) groups excluding carboxylic acids is 2. The number of methoxy groups -OCH3 is 2. The molecule has 4 aromatic carbocycles. The monoisotopic (exact) mass is 939 g/mol. The number of nitrogens with one attached hydrogen (secondary N) is 2. The molecule has 11 rings (SSSR count). The molecule has 6 N–H and O–H groups in total. The Morgan fingerprint density at radius 2 is 1.62 bits per heavy atom. The highest BCUT2D eigenvalue weighted by atomic mass is 16.5. The maximum atomic E-state index is 13.1. The lowest BCUT2D eigenvalue weighted by atomic mass is 9.45. The van der Waals surface area contributed by atoms with Crippen LogP contribution in [0.4, 0.5) is 5.69 Å². The van der Waals surface area contributed by atoms with E-state index in [0.717, 1.165) is 71.9 Å². The van der Waals surface area contributed by atoms with Gasteiger partial charge in [0.25, 0.3) is 11.8 Å². The number of hydrogen-bond acceptors (Lipinski definition) is 13. The van der Waals surface area contributed by atoms with E-state index in [4.69, 9.17) is 23.7 Å². The van der Waals surface area contributed by atoms with E-state index in [1.807, 2.05) is 31.2 Å². The van der Waals surface area contributed by atoms with Crippen molar-refractivity contribution in [3.63, 3.8) is 0 Å². The number of aliphatic hydroxyl groups is 3. The van der Waals surface area contributed by atoms with Crippen LogP contribution in [-0.4, -0.2) is 91.0 Å². The smallest absolute Gasteiger partial charge is 0.253 e. The molecule has 69 heavy (non-hydrogen) atoms. The third kappa shape index (κ3) is 7.11. The van der Waals surface area contributed by atoms with Gasteiger partial charge < -0.3 is 49.4 Å². The molecule has 2 saturated carbocycles. The molecule has 4 aromatic rings. The lowest BCUT2D eigenvalue weighted by molar-refractivity contribution is -0.140. The summed E-state index contributed by atoms with van der Waals surface area (Å²) in [6, 6.07) is 15.4. The first-order valence-electron chi connectivity index (χ1n) is 24.5. The summed E-state index contributed by atoms with van der Waals surface area (Å²) in [5.74, 6) is -0.0270. The fourth-order valence-electron chi connectivity index (χ4n) is 13.7. The SMILES string of the molecule is CCNCOc1cc(OC)c2c3c1C(O)Nc1cc4c(c(c1-3)CC2)C(O)C(c1cc(OC)c(O)c(OCC(CO)C23CCC5(CCCC5)C(CN5C(=O)C=CC5=O)C2C=Cc2ccccc23)c1)CO4. The van der Waals surface area contributed by atoms with E-state index < -0.39 is 29.6 Å². The van der Waals surface area contributed by atoms with Crippen LogP contribution in [0.2, 0.25) is 0 Å². The summed E-state index contributed by atoms with van der Waals surface area (Å²) in [6.45, 7) is 3.17. The van der Waals surface area contributed by atoms with E-state index in [0.29, 0.717) is 65.6 Å². The first-order valence-corrected chi connectivity index (χ1v) is 24.5. The standard InChI is InChI=1S/C55H61N3O11/c1-4-56-29-69-42-24-40(65-2)33-12-13-34-47-39(57-53(64)50(42)49(33)47)23-41-48(34)51(62)35(28-68-41)31-21-43(66-3)52(63)44(22-31)67-27-32(26-59)55-20-19-54(17-7-8-18-54)38(25-58-45(60)15-16-46(58)61)37(55)14-11-30-9-5-6-10-36(30)55/h5-6,9-11,14-16,21-24,32,35,37-38,51,53,56-57,59,62-64H,4,7-8,12-13,17-20,25-29H2,1-3H3. The van der Waals surface area contributed by atoms with E-state index in [2.05, 4.69) is 34.9 Å². The molecule has 3 heterocycles. The molecule has 362 valence electrons. The number of hydrogen-bond donors (Lipinski definition) is 6. The van der Waals surface area contributed by atoms with E-state index in [9.17, 15) is 30.0 Å². The number of fused-ring (bicyclic) bond motifs is 5. The molecule has 0 saturated heterocycles. The zero-order chi connectivity index (χ0) is 47.8. The minimum absolute atomic E-state index is 0.0330. The quantitative estimate of drug-likeness (QED) is 0.0423. The van der Waals surface area contributed by atoms with Crippen LogP contribution in [0.1, 0.15) is 103 Å². The Labute approximate surface area is 401 Å². The number of phenols is 1. The van der Waals surface area contributed by atoms with E-state index >= 15 is 0 Å². The number of aliphatic hydroxyl groups excluding tert-OH is 3. The second-order valence-corrected chi connectivity index (χ2v) is 19.9. The van der Waals surface area contributed by atoms with E-state index in [-0.39, 0.29) is 72.9 Å². The molecule has 0 radical (unpaired) electrons. The number of nitrogens with zero attached hydrogens (tertiary/aromatic N) is 1. The number of ether oxygens (including phenoxy) is 5. The number of aromatic hydroxyl groups is 1. The summed E-state index contributed by atoms with van der Waals surface area (Å²) in [5.41, 5.74) is 7.63. The molecule has 0 bridgehead atoms. The molecular weight excluding hydrogens is 879 g/mol. The first-order chi connectivity index (χ1) is 33.5. The number of imide groups is 1. The summed E-state index contributed by atoms with van der Waals surface area (Å²) in [7, 11) is 3.10. The lowest BCUT2D eigenvalue weighted by Crippen LogP contribution is -2.59. The number of amides is 2. The Kier molecular flexibility index (Phi) is 11.7. The van der Waals surface area contributed by atoms with Crippen molar-refractivity contribution in [1.29, 1.82) is 0 Å². The van der Waals surface area contributed by atoms with Gasteiger partial charge in [-0.1, -0.05) is 56.2 Å². The first kappa shape index (κ1) is 45.4. The predicted molar refractivity (Wildman–Crippen MR) is 258 cm³/mol. The zero-order valence-electron chi connectivity index (χ0n) is 39.4. The fraction of sp³-hybridized carbons (Fsp3) is 0.455. The van der Waals surface area contributed by atoms with Crippen LogP contribution in [-0.2, 0) is 27.8 Å². The molecule has 2 amide bonds. The van der Waals surface area contributed by atoms with Crippen LogP contribution in [0, 0.1) is 23.2 Å². The number of rotatable bonds is 14. The normalized spacial score (nSPS) is 25.8. The van der Waals surface area contributed by atoms with Gasteiger partial charge in [0, 0.05) is 76.0 Å². The van der Waals surface area contributed by atoms with Crippen molar-refractivity contribution in [1.82, 2.24) is 10.2 Å². The van der Waals surface area contributed by atoms with Gasteiger partial charge >= 0.3 is 0 Å². The van der Waals surface area contributed by atoms with Gasteiger partial charge in [-0.2, -0.15) is 0 Å². The van der Waals surface area contributed by atoms with Gasteiger partial charge in [-0.05, 0) is 96.7 Å². The van der Waals surface area contributed by atoms with Gasteiger partial charge in [-0.15, -0.1) is 0 Å². The number of benzene rings is 4. The second kappa shape index (κ2) is 17.7. The number of anilines is 1. The van der Waals surface area contributed by atoms with Gasteiger partial charge in [-0.25, -0.2) is 0 Å². The highest BCUT2D eigenvalue weighted by Gasteiger charge is 2.60. The van der Waals surface area contributed by atoms with Crippen molar-refractivity contribution in [2.24, 2.45) is 23.2 Å². The van der Waals surface area contributed by atoms with Crippen molar-refractivity contribution in [2.45, 2.75) is 82.0 Å². The molecule has 1 spiro atoms. The Hall–Kier alpha value is -6.06. The fourth-order valence-corrected chi connectivity index (χ4v) is 13.7. The maximum absolute atomic E-state index is 13.1. The van der Waals surface area contributed by atoms with Crippen molar-refractivity contribution in [3.8, 4) is 45.6 Å². The van der Waals surface area contributed by atoms with Crippen LogP contribution in [0.5, 0.6) is 34.5 Å². The topological polar surface area (TPSA) is 189 Å². The molecule has 2 fully saturated rings. The number of carbonyl (C=O) groups is 2. The second-order valence-electron chi connectivity index (χ2n) is 19.9. The van der Waals surface area contributed by atoms with Crippen molar-refractivity contribution < 1.29 is 53.7 Å². The minimum Gasteiger partial charge on any atom is -0.502 e. The van der Waals surface area contributed by atoms with Gasteiger partial charge in [0.05, 0.1) is 45.7 Å². The summed E-state index contributed by atoms with van der Waals surface area (Å²) in [6.07, 6.45) is 12.1. The number of phenolic OH excluding ortho intramolecular Hbond substituents is 1. The molecule has 14 nitrogen and oxygen atoms in total. The summed E-state index contributed by atoms with van der Waals surface area (Å²) >= 11 is 0.